The fourth-order valence-electron chi connectivity index (χ4n) is 3.86. The summed E-state index contributed by atoms with van der Waals surface area (Å²) in [5.74, 6) is -0.226. The van der Waals surface area contributed by atoms with E-state index < -0.39 is 0 Å². The molecule has 0 spiro atoms. The summed E-state index contributed by atoms with van der Waals surface area (Å²) in [6, 6.07) is 9.69. The third kappa shape index (κ3) is 3.95. The Morgan fingerprint density at radius 2 is 1.96 bits per heavy atom. The summed E-state index contributed by atoms with van der Waals surface area (Å²) in [6.45, 7) is 1.17. The van der Waals surface area contributed by atoms with Crippen molar-refractivity contribution < 1.29 is 14.0 Å². The summed E-state index contributed by atoms with van der Waals surface area (Å²) >= 11 is 1.46. The molecule has 0 saturated carbocycles. The second kappa shape index (κ2) is 7.88. The summed E-state index contributed by atoms with van der Waals surface area (Å²) in [7, 11) is 0. The fraction of sp³-hybridized carbons (Fsp3) is 0.400. The molecule has 142 valence electrons. The molecule has 2 saturated heterocycles. The molecule has 1 aromatic carbocycles. The van der Waals surface area contributed by atoms with E-state index in [1.165, 1.54) is 23.5 Å². The molecule has 2 N–H and O–H groups in total. The smallest absolute Gasteiger partial charge is 0.241 e. The monoisotopic (exact) mass is 387 g/mol. The van der Waals surface area contributed by atoms with E-state index in [4.69, 9.17) is 0 Å². The van der Waals surface area contributed by atoms with E-state index in [0.717, 1.165) is 23.3 Å². The Labute approximate surface area is 161 Å². The molecule has 4 rings (SSSR count). The van der Waals surface area contributed by atoms with Crippen molar-refractivity contribution in [1.82, 2.24) is 15.8 Å². The first-order valence-electron chi connectivity index (χ1n) is 9.25. The molecule has 27 heavy (non-hydrogen) atoms. The van der Waals surface area contributed by atoms with Gasteiger partial charge < -0.3 is 4.90 Å². The molecule has 1 aromatic heterocycles. The van der Waals surface area contributed by atoms with Gasteiger partial charge in [0, 0.05) is 25.0 Å². The van der Waals surface area contributed by atoms with Gasteiger partial charge >= 0.3 is 0 Å². The van der Waals surface area contributed by atoms with Gasteiger partial charge in [-0.3, -0.25) is 9.59 Å². The molecule has 3 unspecified atom stereocenters. The van der Waals surface area contributed by atoms with Crippen LogP contribution in [0.3, 0.4) is 0 Å². The molecule has 1 amide bonds. The molecule has 2 aliphatic heterocycles. The lowest BCUT2D eigenvalue weighted by Gasteiger charge is -2.33. The van der Waals surface area contributed by atoms with Crippen molar-refractivity contribution >= 4 is 23.0 Å². The lowest BCUT2D eigenvalue weighted by molar-refractivity contribution is -0.134. The van der Waals surface area contributed by atoms with Crippen LogP contribution in [0, 0.1) is 11.7 Å². The van der Waals surface area contributed by atoms with E-state index in [9.17, 15) is 14.0 Å². The highest BCUT2D eigenvalue weighted by molar-refractivity contribution is 7.12. The molecule has 2 fully saturated rings. The van der Waals surface area contributed by atoms with Crippen LogP contribution in [-0.4, -0.2) is 35.7 Å². The number of nitrogens with zero attached hydrogens (tertiary/aromatic N) is 1. The fourth-order valence-corrected chi connectivity index (χ4v) is 4.61. The highest BCUT2D eigenvalue weighted by Gasteiger charge is 2.36. The number of carbonyl (C=O) groups excluding carboxylic acids is 2. The number of amides is 1. The van der Waals surface area contributed by atoms with Crippen LogP contribution in [-0.2, 0) is 4.79 Å². The number of thiophene rings is 1. The Hall–Kier alpha value is -2.09. The van der Waals surface area contributed by atoms with E-state index in [1.54, 1.807) is 12.1 Å². The van der Waals surface area contributed by atoms with Gasteiger partial charge in [0.05, 0.1) is 4.88 Å². The molecule has 7 heteroatoms. The van der Waals surface area contributed by atoms with Crippen LogP contribution < -0.4 is 10.9 Å². The molecule has 2 aliphatic rings. The Morgan fingerprint density at radius 3 is 2.70 bits per heavy atom. The molecule has 3 atom stereocenters. The number of rotatable bonds is 4. The van der Waals surface area contributed by atoms with Gasteiger partial charge in [0.15, 0.2) is 5.78 Å². The second-order valence-corrected chi connectivity index (χ2v) is 8.09. The SMILES string of the molecule is O=C(c1cccs1)C1CCCN(C(=O)C2CC(c3ccc(F)cc3)NN2)C1. The topological polar surface area (TPSA) is 61.4 Å². The molecule has 5 nitrogen and oxygen atoms in total. The van der Waals surface area contributed by atoms with Gasteiger partial charge in [-0.15, -0.1) is 11.3 Å². The highest BCUT2D eigenvalue weighted by atomic mass is 32.1. The van der Waals surface area contributed by atoms with Gasteiger partial charge in [0.1, 0.15) is 11.9 Å². The third-order valence-corrected chi connectivity index (χ3v) is 6.23. The summed E-state index contributed by atoms with van der Waals surface area (Å²) in [5, 5.41) is 1.91. The zero-order chi connectivity index (χ0) is 18.8. The number of carbonyl (C=O) groups is 2. The van der Waals surface area contributed by atoms with Crippen LogP contribution in [0.4, 0.5) is 4.39 Å². The van der Waals surface area contributed by atoms with Gasteiger partial charge in [-0.25, -0.2) is 15.2 Å². The van der Waals surface area contributed by atoms with E-state index in [2.05, 4.69) is 10.9 Å². The first-order valence-corrected chi connectivity index (χ1v) is 10.1. The zero-order valence-electron chi connectivity index (χ0n) is 14.9. The number of hydrogen-bond donors (Lipinski definition) is 2. The maximum absolute atomic E-state index is 13.1. The summed E-state index contributed by atoms with van der Waals surface area (Å²) in [6.07, 6.45) is 2.27. The minimum absolute atomic E-state index is 0.0239. The van der Waals surface area contributed by atoms with E-state index >= 15 is 0 Å². The van der Waals surface area contributed by atoms with E-state index in [1.807, 2.05) is 22.4 Å². The second-order valence-electron chi connectivity index (χ2n) is 7.15. The molecular formula is C20H22FN3O2S. The molecule has 0 bridgehead atoms. The van der Waals surface area contributed by atoms with Gasteiger partial charge in [0.2, 0.25) is 5.91 Å². The third-order valence-electron chi connectivity index (χ3n) is 5.34. The largest absolute Gasteiger partial charge is 0.341 e. The highest BCUT2D eigenvalue weighted by Crippen LogP contribution is 2.27. The average Bonchev–Trinajstić information content (AvgIpc) is 3.40. The number of ketones is 1. The quantitative estimate of drug-likeness (QED) is 0.792. The maximum atomic E-state index is 13.1. The van der Waals surface area contributed by atoms with Crippen molar-refractivity contribution in [2.45, 2.75) is 31.3 Å². The van der Waals surface area contributed by atoms with Crippen molar-refractivity contribution in [3.05, 3.63) is 58.0 Å². The van der Waals surface area contributed by atoms with Crippen molar-refractivity contribution in [3.8, 4) is 0 Å². The first kappa shape index (κ1) is 18.3. The number of likely N-dealkylation sites (tertiary alicyclic amines) is 1. The molecule has 0 radical (unpaired) electrons. The summed E-state index contributed by atoms with van der Waals surface area (Å²) in [5.41, 5.74) is 7.15. The predicted molar refractivity (Wildman–Crippen MR) is 102 cm³/mol. The van der Waals surface area contributed by atoms with Gasteiger partial charge in [-0.05, 0) is 48.4 Å². The predicted octanol–water partition coefficient (Wildman–Crippen LogP) is 2.92. The van der Waals surface area contributed by atoms with Crippen LogP contribution in [0.2, 0.25) is 0 Å². The minimum Gasteiger partial charge on any atom is -0.341 e. The van der Waals surface area contributed by atoms with Crippen molar-refractivity contribution in [2.24, 2.45) is 5.92 Å². The molecule has 0 aliphatic carbocycles. The van der Waals surface area contributed by atoms with Crippen molar-refractivity contribution in [2.75, 3.05) is 13.1 Å². The van der Waals surface area contributed by atoms with Gasteiger partial charge in [-0.2, -0.15) is 0 Å². The standard InChI is InChI=1S/C20H22FN3O2S/c21-15-7-5-13(6-8-15)16-11-17(23-22-16)20(26)24-9-1-3-14(12-24)19(25)18-4-2-10-27-18/h2,4-8,10,14,16-17,22-23H,1,3,9,11-12H2. The van der Waals surface area contributed by atoms with E-state index in [-0.39, 0.29) is 35.5 Å². The number of halogens is 1. The van der Waals surface area contributed by atoms with Crippen LogP contribution in [0.15, 0.2) is 41.8 Å². The summed E-state index contributed by atoms with van der Waals surface area (Å²) in [4.78, 5) is 28.2. The number of nitrogens with one attached hydrogen (secondary N) is 2. The zero-order valence-corrected chi connectivity index (χ0v) is 15.7. The Balaban J connectivity index is 1.38. The van der Waals surface area contributed by atoms with Crippen LogP contribution in [0.5, 0.6) is 0 Å². The van der Waals surface area contributed by atoms with Gasteiger partial charge in [0.25, 0.3) is 0 Å². The Kier molecular flexibility index (Phi) is 5.33. The van der Waals surface area contributed by atoms with Crippen molar-refractivity contribution in [3.63, 3.8) is 0 Å². The number of benzene rings is 1. The average molecular weight is 387 g/mol. The Morgan fingerprint density at radius 1 is 1.15 bits per heavy atom. The normalized spacial score (nSPS) is 25.5. The van der Waals surface area contributed by atoms with Gasteiger partial charge in [-0.1, -0.05) is 18.2 Å². The summed E-state index contributed by atoms with van der Waals surface area (Å²) < 4.78 is 13.1. The maximum Gasteiger partial charge on any atom is 0.241 e. The molecule has 3 heterocycles. The molecular weight excluding hydrogens is 365 g/mol. The van der Waals surface area contributed by atoms with Crippen LogP contribution in [0.25, 0.3) is 0 Å². The first-order chi connectivity index (χ1) is 13.1. The minimum atomic E-state index is -0.337. The lowest BCUT2D eigenvalue weighted by atomic mass is 9.92. The van der Waals surface area contributed by atoms with E-state index in [0.29, 0.717) is 19.5 Å². The number of hydrazine groups is 1. The molecule has 2 aromatic rings. The Bertz CT molecular complexity index is 809. The van der Waals surface area contributed by atoms with Crippen LogP contribution >= 0.6 is 11.3 Å². The number of piperidine rings is 1. The number of hydrogen-bond acceptors (Lipinski definition) is 5. The number of Topliss-reactive ketones (excluding diaryl/α,β-unsaturated/α-hetero) is 1. The van der Waals surface area contributed by atoms with Crippen LogP contribution in [0.1, 0.15) is 40.5 Å². The lowest BCUT2D eigenvalue weighted by Crippen LogP contribution is -2.50. The van der Waals surface area contributed by atoms with Crippen molar-refractivity contribution in [1.29, 1.82) is 0 Å².